The van der Waals surface area contributed by atoms with Gasteiger partial charge in [0.05, 0.1) is 18.8 Å². The van der Waals surface area contributed by atoms with Crippen molar-refractivity contribution in [3.8, 4) is 28.4 Å². The summed E-state index contributed by atoms with van der Waals surface area (Å²) in [6, 6.07) is 9.26. The number of phenols is 1. The maximum absolute atomic E-state index is 13.3. The molecule has 0 radical (unpaired) electrons. The number of benzene rings is 2. The van der Waals surface area contributed by atoms with Gasteiger partial charge in [0.2, 0.25) is 11.7 Å². The van der Waals surface area contributed by atoms with Crippen LogP contribution in [-0.2, 0) is 4.74 Å². The molecule has 9 nitrogen and oxygen atoms in total. The zero-order valence-electron chi connectivity index (χ0n) is 16.8. The Hall–Kier alpha value is -3.11. The molecule has 9 heteroatoms. The van der Waals surface area contributed by atoms with Crippen molar-refractivity contribution in [1.29, 1.82) is 0 Å². The smallest absolute Gasteiger partial charge is 0.229 e. The highest BCUT2D eigenvalue weighted by Crippen LogP contribution is 2.33. The van der Waals surface area contributed by atoms with E-state index in [1.54, 1.807) is 24.3 Å². The molecule has 4 N–H and O–H groups in total. The van der Waals surface area contributed by atoms with E-state index >= 15 is 0 Å². The average molecular weight is 430 g/mol. The number of aliphatic hydroxyl groups excluding tert-OH is 3. The van der Waals surface area contributed by atoms with E-state index < -0.39 is 36.1 Å². The van der Waals surface area contributed by atoms with Gasteiger partial charge in [-0.3, -0.25) is 4.79 Å². The fourth-order valence-corrected chi connectivity index (χ4v) is 3.50. The lowest BCUT2D eigenvalue weighted by atomic mass is 10.00. The van der Waals surface area contributed by atoms with Crippen molar-refractivity contribution in [2.24, 2.45) is 0 Å². The first-order chi connectivity index (χ1) is 14.8. The average Bonchev–Trinajstić information content (AvgIpc) is 2.76. The van der Waals surface area contributed by atoms with Crippen LogP contribution in [-0.4, -0.2) is 58.2 Å². The Morgan fingerprint density at radius 3 is 2.39 bits per heavy atom. The molecule has 2 heterocycles. The van der Waals surface area contributed by atoms with E-state index in [4.69, 9.17) is 18.6 Å². The minimum absolute atomic E-state index is 0.0233. The Bertz CT molecular complexity index is 1140. The molecule has 1 fully saturated rings. The molecule has 5 unspecified atom stereocenters. The van der Waals surface area contributed by atoms with Crippen molar-refractivity contribution < 1.29 is 39.1 Å². The van der Waals surface area contributed by atoms with Crippen molar-refractivity contribution in [2.75, 3.05) is 7.11 Å². The molecule has 1 aliphatic heterocycles. The Kier molecular flexibility index (Phi) is 5.59. The van der Waals surface area contributed by atoms with Crippen LogP contribution in [0.3, 0.4) is 0 Å². The number of ether oxygens (including phenoxy) is 3. The molecule has 0 bridgehead atoms. The number of methoxy groups -OCH3 is 1. The number of rotatable bonds is 4. The van der Waals surface area contributed by atoms with Crippen LogP contribution in [0.5, 0.6) is 17.2 Å². The summed E-state index contributed by atoms with van der Waals surface area (Å²) in [5.74, 6) is 0.293. The van der Waals surface area contributed by atoms with Crippen molar-refractivity contribution in [2.45, 2.75) is 37.6 Å². The van der Waals surface area contributed by atoms with Gasteiger partial charge in [0.15, 0.2) is 0 Å². The van der Waals surface area contributed by atoms with Crippen LogP contribution in [0, 0.1) is 0 Å². The quantitative estimate of drug-likeness (QED) is 0.483. The second-order valence-electron chi connectivity index (χ2n) is 7.32. The van der Waals surface area contributed by atoms with Crippen LogP contribution in [0.4, 0.5) is 0 Å². The summed E-state index contributed by atoms with van der Waals surface area (Å²) in [5, 5.41) is 40.2. The van der Waals surface area contributed by atoms with E-state index in [1.807, 2.05) is 0 Å². The Labute approximate surface area is 176 Å². The highest BCUT2D eigenvalue weighted by atomic mass is 16.7. The summed E-state index contributed by atoms with van der Waals surface area (Å²) in [4.78, 5) is 13.3. The van der Waals surface area contributed by atoms with Gasteiger partial charge < -0.3 is 39.1 Å². The van der Waals surface area contributed by atoms with Crippen LogP contribution in [0.2, 0.25) is 0 Å². The number of aliphatic hydroxyl groups is 3. The maximum Gasteiger partial charge on any atom is 0.229 e. The number of hydrogen-bond donors (Lipinski definition) is 4. The third kappa shape index (κ3) is 3.84. The summed E-state index contributed by atoms with van der Waals surface area (Å²) >= 11 is 0. The monoisotopic (exact) mass is 430 g/mol. The summed E-state index contributed by atoms with van der Waals surface area (Å²) in [6.07, 6.45) is -5.34. The van der Waals surface area contributed by atoms with Crippen LogP contribution in [0.15, 0.2) is 51.9 Å². The molecular weight excluding hydrogens is 408 g/mol. The Morgan fingerprint density at radius 1 is 1.00 bits per heavy atom. The van der Waals surface area contributed by atoms with Crippen molar-refractivity contribution in [3.05, 3.63) is 52.9 Å². The number of aromatic hydroxyl groups is 1. The molecule has 0 saturated carbocycles. The van der Waals surface area contributed by atoms with Gasteiger partial charge in [-0.2, -0.15) is 0 Å². The topological polar surface area (TPSA) is 139 Å². The lowest BCUT2D eigenvalue weighted by molar-refractivity contribution is -0.267. The van der Waals surface area contributed by atoms with Gasteiger partial charge in [0.1, 0.15) is 52.8 Å². The van der Waals surface area contributed by atoms with Gasteiger partial charge in [-0.15, -0.1) is 0 Å². The molecule has 5 atom stereocenters. The van der Waals surface area contributed by atoms with Gasteiger partial charge in [0, 0.05) is 12.1 Å². The second-order valence-corrected chi connectivity index (χ2v) is 7.32. The van der Waals surface area contributed by atoms with E-state index in [0.717, 1.165) is 0 Å². The molecule has 2 aromatic carbocycles. The van der Waals surface area contributed by atoms with Crippen molar-refractivity contribution in [1.82, 2.24) is 0 Å². The molecule has 1 aromatic heterocycles. The van der Waals surface area contributed by atoms with Crippen LogP contribution >= 0.6 is 0 Å². The van der Waals surface area contributed by atoms with Crippen molar-refractivity contribution in [3.63, 3.8) is 0 Å². The van der Waals surface area contributed by atoms with E-state index in [0.29, 0.717) is 11.3 Å². The van der Waals surface area contributed by atoms with Crippen molar-refractivity contribution >= 4 is 11.0 Å². The van der Waals surface area contributed by atoms with Crippen LogP contribution in [0.25, 0.3) is 22.1 Å². The molecule has 31 heavy (non-hydrogen) atoms. The number of phenolic OH excluding ortho intramolecular Hbond substituents is 1. The minimum Gasteiger partial charge on any atom is -0.508 e. The molecule has 1 saturated heterocycles. The van der Waals surface area contributed by atoms with Gasteiger partial charge in [-0.05, 0) is 24.6 Å². The first kappa shape index (κ1) is 21.1. The van der Waals surface area contributed by atoms with E-state index in [-0.39, 0.29) is 28.0 Å². The molecule has 0 spiro atoms. The van der Waals surface area contributed by atoms with Gasteiger partial charge in [-0.1, -0.05) is 12.1 Å². The summed E-state index contributed by atoms with van der Waals surface area (Å²) in [5.41, 5.74) is 0.466. The summed E-state index contributed by atoms with van der Waals surface area (Å²) < 4.78 is 21.8. The number of fused-ring (bicyclic) bond motifs is 1. The molecular formula is C22H22O9. The lowest BCUT2D eigenvalue weighted by Gasteiger charge is -2.38. The minimum atomic E-state index is -1.58. The maximum atomic E-state index is 13.3. The molecule has 0 aliphatic carbocycles. The van der Waals surface area contributed by atoms with Crippen LogP contribution < -0.4 is 14.9 Å². The second kappa shape index (κ2) is 8.20. The zero-order chi connectivity index (χ0) is 22.3. The van der Waals surface area contributed by atoms with Crippen LogP contribution in [0.1, 0.15) is 6.92 Å². The largest absolute Gasteiger partial charge is 0.508 e. The van der Waals surface area contributed by atoms with E-state index in [2.05, 4.69) is 0 Å². The number of hydrogen-bond acceptors (Lipinski definition) is 9. The molecule has 4 rings (SSSR count). The summed E-state index contributed by atoms with van der Waals surface area (Å²) in [7, 11) is 1.54. The predicted molar refractivity (Wildman–Crippen MR) is 109 cm³/mol. The SMILES string of the molecule is COc1ccc(-c2coc3cc(O)cc(OC4OC(C)C(O)C(O)C4O)c3c2=O)cc1. The third-order valence-electron chi connectivity index (χ3n) is 5.28. The van der Waals surface area contributed by atoms with Gasteiger partial charge in [-0.25, -0.2) is 0 Å². The first-order valence-corrected chi connectivity index (χ1v) is 9.59. The fourth-order valence-electron chi connectivity index (χ4n) is 3.50. The highest BCUT2D eigenvalue weighted by molar-refractivity contribution is 5.88. The fraction of sp³-hybridized carbons (Fsp3) is 0.318. The van der Waals surface area contributed by atoms with Gasteiger partial charge in [0.25, 0.3) is 0 Å². The molecule has 3 aromatic rings. The van der Waals surface area contributed by atoms with E-state index in [9.17, 15) is 25.2 Å². The highest BCUT2D eigenvalue weighted by Gasteiger charge is 2.43. The lowest BCUT2D eigenvalue weighted by Crippen LogP contribution is -2.58. The standard InChI is InChI=1S/C22H22O9/c1-10-18(24)20(26)21(27)22(30-10)31-16-8-12(23)7-15-17(16)19(25)14(9-29-15)11-3-5-13(28-2)6-4-11/h3-10,18,20-24,26-27H,1-2H3. The molecule has 1 aliphatic rings. The normalized spacial score (nSPS) is 26.0. The van der Waals surface area contributed by atoms with Gasteiger partial charge >= 0.3 is 0 Å². The Morgan fingerprint density at radius 2 is 1.71 bits per heavy atom. The molecule has 164 valence electrons. The summed E-state index contributed by atoms with van der Waals surface area (Å²) in [6.45, 7) is 1.51. The zero-order valence-corrected chi connectivity index (χ0v) is 16.8. The van der Waals surface area contributed by atoms with E-state index in [1.165, 1.54) is 32.4 Å². The molecule has 0 amide bonds. The first-order valence-electron chi connectivity index (χ1n) is 9.59. The predicted octanol–water partition coefficient (Wildman–Crippen LogP) is 1.38. The third-order valence-corrected chi connectivity index (χ3v) is 5.28. The Balaban J connectivity index is 1.79.